The molecule has 0 unspecified atom stereocenters. The number of benzene rings is 1. The third-order valence-electron chi connectivity index (χ3n) is 2.95. The smallest absolute Gasteiger partial charge is 0.341 e. The van der Waals surface area contributed by atoms with Crippen molar-refractivity contribution in [3.05, 3.63) is 40.9 Å². The fourth-order valence-electron chi connectivity index (χ4n) is 2.06. The zero-order valence-electron chi connectivity index (χ0n) is 11.6. The zero-order valence-corrected chi connectivity index (χ0v) is 11.6. The highest BCUT2D eigenvalue weighted by Crippen LogP contribution is 2.29. The molecule has 106 valence electrons. The molecule has 0 aliphatic heterocycles. The summed E-state index contributed by atoms with van der Waals surface area (Å²) in [5, 5.41) is 13.1. The predicted octanol–water partition coefficient (Wildman–Crippen LogP) is 3.69. The fraction of sp³-hybridized carbons (Fsp3) is 0.333. The number of nitrogens with zero attached hydrogens (tertiary/aromatic N) is 1. The Labute approximate surface area is 116 Å². The van der Waals surface area contributed by atoms with Crippen LogP contribution < -0.4 is 0 Å². The molecule has 1 N–H and O–H groups in total. The van der Waals surface area contributed by atoms with Gasteiger partial charge in [0.05, 0.1) is 0 Å². The van der Waals surface area contributed by atoms with Crippen molar-refractivity contribution in [3.63, 3.8) is 0 Å². The Balaban J connectivity index is 2.59. The number of aromatic nitrogens is 1. The number of carbonyl (C=O) groups is 1. The number of carboxylic acid groups (broad SMARTS) is 1. The van der Waals surface area contributed by atoms with Gasteiger partial charge in [0, 0.05) is 12.0 Å². The third-order valence-corrected chi connectivity index (χ3v) is 2.95. The number of carboxylic acids is 1. The minimum atomic E-state index is -1.15. The molecule has 1 aromatic carbocycles. The second-order valence-electron chi connectivity index (χ2n) is 5.22. The highest BCUT2D eigenvalue weighted by atomic mass is 19.1. The zero-order chi connectivity index (χ0) is 14.9. The normalized spacial score (nSPS) is 11.1. The van der Waals surface area contributed by atoms with Gasteiger partial charge in [0.2, 0.25) is 0 Å². The van der Waals surface area contributed by atoms with E-state index in [0.29, 0.717) is 6.42 Å². The first kappa shape index (κ1) is 14.2. The number of hydrogen-bond acceptors (Lipinski definition) is 3. The lowest BCUT2D eigenvalue weighted by Crippen LogP contribution is -2.04. The molecule has 0 atom stereocenters. The minimum absolute atomic E-state index is 0.0503. The molecule has 20 heavy (non-hydrogen) atoms. The monoisotopic (exact) mass is 277 g/mol. The van der Waals surface area contributed by atoms with Crippen molar-refractivity contribution in [1.82, 2.24) is 5.16 Å². The molecule has 0 fully saturated rings. The molecule has 5 heteroatoms. The topological polar surface area (TPSA) is 63.3 Å². The van der Waals surface area contributed by atoms with Gasteiger partial charge < -0.3 is 9.63 Å². The summed E-state index contributed by atoms with van der Waals surface area (Å²) in [6.07, 6.45) is 0.446. The summed E-state index contributed by atoms with van der Waals surface area (Å²) in [6.45, 7) is 5.70. The Bertz CT molecular complexity index is 647. The molecular formula is C15H16FNO3. The number of aromatic carboxylic acids is 1. The molecule has 2 aromatic rings. The van der Waals surface area contributed by atoms with E-state index < -0.39 is 11.8 Å². The second kappa shape index (κ2) is 5.45. The van der Waals surface area contributed by atoms with Gasteiger partial charge in [-0.2, -0.15) is 0 Å². The van der Waals surface area contributed by atoms with Crippen molar-refractivity contribution in [1.29, 1.82) is 0 Å². The second-order valence-corrected chi connectivity index (χ2v) is 5.22. The van der Waals surface area contributed by atoms with Gasteiger partial charge in [-0.25, -0.2) is 9.18 Å². The summed E-state index contributed by atoms with van der Waals surface area (Å²) in [4.78, 5) is 11.4. The predicted molar refractivity (Wildman–Crippen MR) is 72.1 cm³/mol. The van der Waals surface area contributed by atoms with Gasteiger partial charge in [0.1, 0.15) is 17.1 Å². The van der Waals surface area contributed by atoms with Gasteiger partial charge in [-0.15, -0.1) is 0 Å². The Hall–Kier alpha value is -2.17. The average Bonchev–Trinajstić information content (AvgIpc) is 2.75. The molecule has 0 radical (unpaired) electrons. The van der Waals surface area contributed by atoms with Crippen LogP contribution in [0.1, 0.15) is 35.5 Å². The van der Waals surface area contributed by atoms with Crippen LogP contribution in [0.3, 0.4) is 0 Å². The van der Waals surface area contributed by atoms with E-state index in [1.165, 1.54) is 6.07 Å². The third kappa shape index (κ3) is 2.71. The number of aryl methyl sites for hydroxylation is 1. The van der Waals surface area contributed by atoms with Crippen LogP contribution in [0.2, 0.25) is 0 Å². The molecule has 0 saturated carbocycles. The van der Waals surface area contributed by atoms with E-state index in [-0.39, 0.29) is 28.5 Å². The molecule has 4 nitrogen and oxygen atoms in total. The van der Waals surface area contributed by atoms with Crippen molar-refractivity contribution in [2.45, 2.75) is 27.2 Å². The van der Waals surface area contributed by atoms with Crippen molar-refractivity contribution in [2.75, 3.05) is 0 Å². The lowest BCUT2D eigenvalue weighted by Gasteiger charge is -2.04. The quantitative estimate of drug-likeness (QED) is 0.925. The van der Waals surface area contributed by atoms with Gasteiger partial charge in [0.15, 0.2) is 5.76 Å². The molecule has 0 aliphatic carbocycles. The van der Waals surface area contributed by atoms with E-state index in [4.69, 9.17) is 4.52 Å². The van der Waals surface area contributed by atoms with Crippen LogP contribution in [0.25, 0.3) is 11.3 Å². The first-order valence-electron chi connectivity index (χ1n) is 6.38. The largest absolute Gasteiger partial charge is 0.477 e. The standard InChI is InChI=1S/C15H16FNO3/c1-8(2)6-12-13(15(18)19)14(17-20-12)10-7-9(3)4-5-11(10)16/h4-5,7-8H,6H2,1-3H3,(H,18,19). The van der Waals surface area contributed by atoms with Gasteiger partial charge in [-0.05, 0) is 25.0 Å². The first-order valence-corrected chi connectivity index (χ1v) is 6.38. The molecule has 0 amide bonds. The Morgan fingerprint density at radius 1 is 1.45 bits per heavy atom. The van der Waals surface area contributed by atoms with Crippen LogP contribution in [0.4, 0.5) is 4.39 Å². The first-order chi connectivity index (χ1) is 9.40. The van der Waals surface area contributed by atoms with E-state index in [2.05, 4.69) is 5.16 Å². The lowest BCUT2D eigenvalue weighted by atomic mass is 10.00. The van der Waals surface area contributed by atoms with Gasteiger partial charge >= 0.3 is 5.97 Å². The molecule has 0 bridgehead atoms. The van der Waals surface area contributed by atoms with Gasteiger partial charge in [-0.1, -0.05) is 30.6 Å². The van der Waals surface area contributed by atoms with E-state index in [9.17, 15) is 14.3 Å². The average molecular weight is 277 g/mol. The van der Waals surface area contributed by atoms with Crippen LogP contribution in [0, 0.1) is 18.7 Å². The van der Waals surface area contributed by atoms with Gasteiger partial charge in [-0.3, -0.25) is 0 Å². The minimum Gasteiger partial charge on any atom is -0.477 e. The summed E-state index contributed by atoms with van der Waals surface area (Å²) in [6, 6.07) is 4.49. The summed E-state index contributed by atoms with van der Waals surface area (Å²) in [5.74, 6) is -1.17. The summed E-state index contributed by atoms with van der Waals surface area (Å²) < 4.78 is 19.0. The van der Waals surface area contributed by atoms with Crippen LogP contribution >= 0.6 is 0 Å². The Morgan fingerprint density at radius 3 is 2.75 bits per heavy atom. The Kier molecular flexibility index (Phi) is 3.88. The van der Waals surface area contributed by atoms with Crippen molar-refractivity contribution < 1.29 is 18.8 Å². The maximum atomic E-state index is 13.9. The number of rotatable bonds is 4. The highest BCUT2D eigenvalue weighted by molar-refractivity contribution is 5.95. The molecule has 0 saturated heterocycles. The molecule has 0 aliphatic rings. The summed E-state index contributed by atoms with van der Waals surface area (Å²) in [5.41, 5.74) is 0.977. The molecule has 2 rings (SSSR count). The Morgan fingerprint density at radius 2 is 2.15 bits per heavy atom. The highest BCUT2D eigenvalue weighted by Gasteiger charge is 2.25. The molecule has 1 heterocycles. The lowest BCUT2D eigenvalue weighted by molar-refractivity contribution is 0.0695. The number of hydrogen-bond donors (Lipinski definition) is 1. The van der Waals surface area contributed by atoms with Gasteiger partial charge in [0.25, 0.3) is 0 Å². The van der Waals surface area contributed by atoms with Crippen LogP contribution in [-0.4, -0.2) is 16.2 Å². The summed E-state index contributed by atoms with van der Waals surface area (Å²) in [7, 11) is 0. The fourth-order valence-corrected chi connectivity index (χ4v) is 2.06. The number of halogens is 1. The maximum Gasteiger partial charge on any atom is 0.341 e. The summed E-state index contributed by atoms with van der Waals surface area (Å²) >= 11 is 0. The van der Waals surface area contributed by atoms with E-state index in [0.717, 1.165) is 5.56 Å². The van der Waals surface area contributed by atoms with Crippen molar-refractivity contribution in [2.24, 2.45) is 5.92 Å². The van der Waals surface area contributed by atoms with E-state index in [1.54, 1.807) is 19.1 Å². The SMILES string of the molecule is Cc1ccc(F)c(-c2noc(CC(C)C)c2C(=O)O)c1. The maximum absolute atomic E-state index is 13.9. The van der Waals surface area contributed by atoms with E-state index >= 15 is 0 Å². The van der Waals surface area contributed by atoms with Crippen molar-refractivity contribution in [3.8, 4) is 11.3 Å². The van der Waals surface area contributed by atoms with Crippen LogP contribution in [-0.2, 0) is 6.42 Å². The molecule has 0 spiro atoms. The van der Waals surface area contributed by atoms with Crippen molar-refractivity contribution >= 4 is 5.97 Å². The molecule has 1 aromatic heterocycles. The van der Waals surface area contributed by atoms with Crippen LogP contribution in [0.15, 0.2) is 22.7 Å². The van der Waals surface area contributed by atoms with E-state index in [1.807, 2.05) is 13.8 Å². The molecular weight excluding hydrogens is 261 g/mol. The van der Waals surface area contributed by atoms with Crippen LogP contribution in [0.5, 0.6) is 0 Å².